The van der Waals surface area contributed by atoms with Crippen LogP contribution in [0.4, 0.5) is 0 Å². The van der Waals surface area contributed by atoms with Crippen molar-refractivity contribution >= 4 is 28.4 Å². The average Bonchev–Trinajstić information content (AvgIpc) is 2.93. The van der Waals surface area contributed by atoms with Gasteiger partial charge in [-0.05, 0) is 39.0 Å². The summed E-state index contributed by atoms with van der Waals surface area (Å²) in [6, 6.07) is 9.00. The molecule has 0 saturated carbocycles. The van der Waals surface area contributed by atoms with Gasteiger partial charge in [-0.3, -0.25) is 14.2 Å². The van der Waals surface area contributed by atoms with Gasteiger partial charge in [0.1, 0.15) is 0 Å². The number of aryl methyl sites for hydroxylation is 1. The van der Waals surface area contributed by atoms with E-state index in [-0.39, 0.29) is 23.1 Å². The van der Waals surface area contributed by atoms with Crippen molar-refractivity contribution in [2.75, 3.05) is 19.5 Å². The molecular formula is C21H25N3O3S. The minimum atomic E-state index is -0.187. The molecule has 0 aliphatic rings. The van der Waals surface area contributed by atoms with E-state index in [1.807, 2.05) is 56.7 Å². The third-order valence-corrected chi connectivity index (χ3v) is 5.98. The summed E-state index contributed by atoms with van der Waals surface area (Å²) in [6.45, 7) is 6.22. The van der Waals surface area contributed by atoms with E-state index in [0.717, 1.165) is 11.4 Å². The monoisotopic (exact) mass is 399 g/mol. The number of carbonyl (C=O) groups excluding carboxylic acids is 1. The molecule has 0 N–H and O–H groups in total. The Kier molecular flexibility index (Phi) is 6.05. The van der Waals surface area contributed by atoms with Gasteiger partial charge in [0.15, 0.2) is 10.9 Å². The number of hydrogen-bond acceptors (Lipinski definition) is 5. The van der Waals surface area contributed by atoms with E-state index in [0.29, 0.717) is 28.2 Å². The number of Topliss-reactive ketones (excluding diaryl/α,β-unsaturated/α-hetero) is 1. The largest absolute Gasteiger partial charge is 0.383 e. The lowest BCUT2D eigenvalue weighted by Crippen LogP contribution is -2.28. The molecule has 0 aliphatic carbocycles. The molecule has 148 valence electrons. The van der Waals surface area contributed by atoms with E-state index >= 15 is 0 Å². The third kappa shape index (κ3) is 3.77. The normalized spacial score (nSPS) is 12.5. The fourth-order valence-corrected chi connectivity index (χ4v) is 4.26. The van der Waals surface area contributed by atoms with E-state index in [9.17, 15) is 9.59 Å². The summed E-state index contributed by atoms with van der Waals surface area (Å²) >= 11 is 1.29. The number of benzene rings is 1. The van der Waals surface area contributed by atoms with Crippen LogP contribution >= 0.6 is 11.8 Å². The van der Waals surface area contributed by atoms with Crippen LogP contribution in [0.1, 0.15) is 34.7 Å². The predicted octanol–water partition coefficient (Wildman–Crippen LogP) is 3.53. The fourth-order valence-electron chi connectivity index (χ4n) is 3.28. The number of thioether (sulfide) groups is 1. The Labute approximate surface area is 168 Å². The molecule has 1 atom stereocenters. The van der Waals surface area contributed by atoms with Crippen LogP contribution in [0.25, 0.3) is 10.9 Å². The van der Waals surface area contributed by atoms with Crippen LogP contribution in [0, 0.1) is 13.8 Å². The lowest BCUT2D eigenvalue weighted by Gasteiger charge is -2.18. The Hall–Kier alpha value is -2.38. The lowest BCUT2D eigenvalue weighted by molar-refractivity contribution is 0.102. The van der Waals surface area contributed by atoms with Gasteiger partial charge in [0.25, 0.3) is 5.56 Å². The molecule has 0 fully saturated rings. The molecule has 0 unspecified atom stereocenters. The molecule has 3 aromatic rings. The van der Waals surface area contributed by atoms with Gasteiger partial charge < -0.3 is 9.30 Å². The Balaban J connectivity index is 1.97. The molecule has 7 heteroatoms. The van der Waals surface area contributed by atoms with Crippen molar-refractivity contribution in [3.63, 3.8) is 0 Å². The topological polar surface area (TPSA) is 66.1 Å². The van der Waals surface area contributed by atoms with E-state index in [4.69, 9.17) is 4.74 Å². The summed E-state index contributed by atoms with van der Waals surface area (Å²) < 4.78 is 8.87. The summed E-state index contributed by atoms with van der Waals surface area (Å²) in [7, 11) is 3.55. The number of hydrogen-bond donors (Lipinski definition) is 0. The van der Waals surface area contributed by atoms with E-state index in [1.54, 1.807) is 17.7 Å². The third-order valence-electron chi connectivity index (χ3n) is 5.03. The summed E-state index contributed by atoms with van der Waals surface area (Å²) in [5.41, 5.74) is 3.22. The molecule has 0 aliphatic heterocycles. The van der Waals surface area contributed by atoms with Gasteiger partial charge in [0, 0.05) is 31.1 Å². The van der Waals surface area contributed by atoms with Crippen molar-refractivity contribution in [1.82, 2.24) is 14.1 Å². The summed E-state index contributed by atoms with van der Waals surface area (Å²) in [4.78, 5) is 30.5. The molecule has 0 saturated heterocycles. The number of ether oxygens (including phenoxy) is 1. The van der Waals surface area contributed by atoms with Crippen molar-refractivity contribution in [2.24, 2.45) is 7.05 Å². The smallest absolute Gasteiger partial charge is 0.262 e. The van der Waals surface area contributed by atoms with Gasteiger partial charge in [-0.25, -0.2) is 4.98 Å². The zero-order chi connectivity index (χ0) is 20.4. The quantitative estimate of drug-likeness (QED) is 0.345. The van der Waals surface area contributed by atoms with Crippen molar-refractivity contribution in [3.8, 4) is 0 Å². The van der Waals surface area contributed by atoms with Crippen molar-refractivity contribution in [3.05, 3.63) is 57.6 Å². The molecule has 2 aromatic heterocycles. The molecule has 0 bridgehead atoms. The summed E-state index contributed by atoms with van der Waals surface area (Å²) in [5, 5.41) is 1.10. The number of carbonyl (C=O) groups is 1. The van der Waals surface area contributed by atoms with E-state index < -0.39 is 0 Å². The van der Waals surface area contributed by atoms with Crippen LogP contribution in [0.5, 0.6) is 0 Å². The van der Waals surface area contributed by atoms with Gasteiger partial charge in [0.2, 0.25) is 0 Å². The van der Waals surface area contributed by atoms with Gasteiger partial charge >= 0.3 is 0 Å². The Morgan fingerprint density at radius 3 is 2.64 bits per heavy atom. The van der Waals surface area contributed by atoms with Crippen LogP contribution in [0.3, 0.4) is 0 Å². The fraction of sp³-hybridized carbons (Fsp3) is 0.381. The molecule has 0 amide bonds. The number of rotatable bonds is 7. The molecule has 28 heavy (non-hydrogen) atoms. The van der Waals surface area contributed by atoms with Crippen molar-refractivity contribution in [2.45, 2.75) is 32.0 Å². The maximum atomic E-state index is 13.0. The number of nitrogens with zero attached hydrogens (tertiary/aromatic N) is 3. The highest BCUT2D eigenvalue weighted by atomic mass is 32.2. The second-order valence-corrected chi connectivity index (χ2v) is 7.89. The second-order valence-electron chi connectivity index (χ2n) is 6.95. The Morgan fingerprint density at radius 1 is 1.29 bits per heavy atom. The molecule has 3 rings (SSSR count). The number of ketones is 1. The maximum Gasteiger partial charge on any atom is 0.262 e. The van der Waals surface area contributed by atoms with Crippen LogP contribution in [-0.2, 0) is 11.8 Å². The predicted molar refractivity (Wildman–Crippen MR) is 113 cm³/mol. The number of aromatic nitrogens is 3. The van der Waals surface area contributed by atoms with Crippen molar-refractivity contribution < 1.29 is 9.53 Å². The van der Waals surface area contributed by atoms with Gasteiger partial charge in [0.05, 0.1) is 29.3 Å². The SMILES string of the molecule is COC[C@@H](C)n1c(SCC(=O)c2cc(C)n(C)c2C)nc2ccccc2c1=O. The molecule has 1 aromatic carbocycles. The van der Waals surface area contributed by atoms with Gasteiger partial charge in [-0.15, -0.1) is 0 Å². The molecule has 6 nitrogen and oxygen atoms in total. The number of fused-ring (bicyclic) bond motifs is 1. The number of para-hydroxylation sites is 1. The molecule has 0 spiro atoms. The van der Waals surface area contributed by atoms with E-state index in [2.05, 4.69) is 4.98 Å². The molecular weight excluding hydrogens is 374 g/mol. The summed E-state index contributed by atoms with van der Waals surface area (Å²) in [6.07, 6.45) is 0. The van der Waals surface area contributed by atoms with Crippen LogP contribution in [0.2, 0.25) is 0 Å². The Bertz CT molecular complexity index is 1080. The van der Waals surface area contributed by atoms with E-state index in [1.165, 1.54) is 11.8 Å². The lowest BCUT2D eigenvalue weighted by atomic mass is 10.2. The Morgan fingerprint density at radius 2 is 2.00 bits per heavy atom. The van der Waals surface area contributed by atoms with Gasteiger partial charge in [-0.2, -0.15) is 0 Å². The summed E-state index contributed by atoms with van der Waals surface area (Å²) in [5.74, 6) is 0.244. The van der Waals surface area contributed by atoms with Crippen LogP contribution in [-0.4, -0.2) is 39.4 Å². The first-order valence-electron chi connectivity index (χ1n) is 9.14. The number of methoxy groups -OCH3 is 1. The second kappa shape index (κ2) is 8.32. The molecule has 2 heterocycles. The van der Waals surface area contributed by atoms with Crippen molar-refractivity contribution in [1.29, 1.82) is 0 Å². The minimum Gasteiger partial charge on any atom is -0.383 e. The zero-order valence-electron chi connectivity index (χ0n) is 16.9. The highest BCUT2D eigenvalue weighted by Crippen LogP contribution is 2.23. The standard InChI is InChI=1S/C21H25N3O3S/c1-13-10-17(15(3)23(13)4)19(25)12-28-21-22-18-9-7-6-8-16(18)20(26)24(21)14(2)11-27-5/h6-10,14H,11-12H2,1-5H3/t14-/m1/s1. The minimum absolute atomic E-state index is 0.0274. The first kappa shape index (κ1) is 20.4. The first-order valence-corrected chi connectivity index (χ1v) is 10.1. The van der Waals surface area contributed by atoms with Crippen LogP contribution in [0.15, 0.2) is 40.3 Å². The highest BCUT2D eigenvalue weighted by Gasteiger charge is 2.19. The zero-order valence-corrected chi connectivity index (χ0v) is 17.7. The maximum absolute atomic E-state index is 13.0. The first-order chi connectivity index (χ1) is 13.3. The van der Waals surface area contributed by atoms with Gasteiger partial charge in [-0.1, -0.05) is 23.9 Å². The highest BCUT2D eigenvalue weighted by molar-refractivity contribution is 7.99. The molecule has 0 radical (unpaired) electrons. The average molecular weight is 400 g/mol. The van der Waals surface area contributed by atoms with Crippen LogP contribution < -0.4 is 5.56 Å².